The summed E-state index contributed by atoms with van der Waals surface area (Å²) >= 11 is 0. The SMILES string of the molecule is CN=C(NCCc1ccc(S(C)(=O)=O)cc1)NCc1ccnc(OC)c1. The number of hydrogen-bond donors (Lipinski definition) is 2. The Morgan fingerprint density at radius 3 is 2.50 bits per heavy atom. The molecule has 140 valence electrons. The maximum Gasteiger partial charge on any atom is 0.213 e. The summed E-state index contributed by atoms with van der Waals surface area (Å²) in [6.07, 6.45) is 3.66. The molecule has 0 radical (unpaired) electrons. The van der Waals surface area contributed by atoms with E-state index in [1.54, 1.807) is 32.5 Å². The fourth-order valence-electron chi connectivity index (χ4n) is 2.31. The average molecular weight is 376 g/mol. The molecule has 0 atom stereocenters. The summed E-state index contributed by atoms with van der Waals surface area (Å²) in [5, 5.41) is 6.46. The molecule has 2 aromatic rings. The van der Waals surface area contributed by atoms with Crippen LogP contribution in [-0.2, 0) is 22.8 Å². The fraction of sp³-hybridized carbons (Fsp3) is 0.333. The van der Waals surface area contributed by atoms with E-state index in [1.807, 2.05) is 24.3 Å². The number of methoxy groups -OCH3 is 1. The van der Waals surface area contributed by atoms with Gasteiger partial charge in [0.2, 0.25) is 5.88 Å². The van der Waals surface area contributed by atoms with E-state index in [9.17, 15) is 8.42 Å². The Morgan fingerprint density at radius 2 is 1.88 bits per heavy atom. The second-order valence-electron chi connectivity index (χ2n) is 5.73. The van der Waals surface area contributed by atoms with Gasteiger partial charge in [0.05, 0.1) is 12.0 Å². The highest BCUT2D eigenvalue weighted by molar-refractivity contribution is 7.90. The van der Waals surface area contributed by atoms with E-state index >= 15 is 0 Å². The Bertz CT molecular complexity index is 849. The van der Waals surface area contributed by atoms with Crippen molar-refractivity contribution in [2.24, 2.45) is 4.99 Å². The molecule has 0 bridgehead atoms. The molecular weight excluding hydrogens is 352 g/mol. The Balaban J connectivity index is 1.81. The summed E-state index contributed by atoms with van der Waals surface area (Å²) in [4.78, 5) is 8.60. The van der Waals surface area contributed by atoms with Crippen molar-refractivity contribution in [3.63, 3.8) is 0 Å². The summed E-state index contributed by atoms with van der Waals surface area (Å²) < 4.78 is 28.0. The standard InChI is InChI=1S/C18H24N4O3S/c1-19-18(22-13-15-9-10-20-17(12-15)25-2)21-11-8-14-4-6-16(7-5-14)26(3,23)24/h4-7,9-10,12H,8,11,13H2,1-3H3,(H2,19,21,22). The minimum absolute atomic E-state index is 0.333. The summed E-state index contributed by atoms with van der Waals surface area (Å²) in [6, 6.07) is 10.7. The predicted molar refractivity (Wildman–Crippen MR) is 102 cm³/mol. The number of benzene rings is 1. The van der Waals surface area contributed by atoms with Gasteiger partial charge in [-0.2, -0.15) is 0 Å². The number of aliphatic imine (C=N–C) groups is 1. The number of nitrogens with zero attached hydrogens (tertiary/aromatic N) is 2. The smallest absolute Gasteiger partial charge is 0.213 e. The molecule has 0 spiro atoms. The number of aromatic nitrogens is 1. The first kappa shape index (κ1) is 19.7. The summed E-state index contributed by atoms with van der Waals surface area (Å²) in [5.41, 5.74) is 2.09. The Morgan fingerprint density at radius 1 is 1.15 bits per heavy atom. The zero-order valence-corrected chi connectivity index (χ0v) is 16.0. The Labute approximate surface area is 154 Å². The first-order valence-electron chi connectivity index (χ1n) is 8.15. The van der Waals surface area contributed by atoms with Crippen molar-refractivity contribution in [2.75, 3.05) is 27.0 Å². The van der Waals surface area contributed by atoms with Gasteiger partial charge in [0, 0.05) is 38.7 Å². The maximum absolute atomic E-state index is 11.5. The summed E-state index contributed by atoms with van der Waals surface area (Å²) in [7, 11) is 0.143. The van der Waals surface area contributed by atoms with Crippen molar-refractivity contribution in [2.45, 2.75) is 17.9 Å². The Hall–Kier alpha value is -2.61. The summed E-state index contributed by atoms with van der Waals surface area (Å²) in [5.74, 6) is 1.26. The Kier molecular flexibility index (Phi) is 6.97. The number of guanidine groups is 1. The highest BCUT2D eigenvalue weighted by Gasteiger charge is 2.06. The third-order valence-corrected chi connectivity index (χ3v) is 4.88. The lowest BCUT2D eigenvalue weighted by Gasteiger charge is -2.12. The van der Waals surface area contributed by atoms with Gasteiger partial charge in [-0.25, -0.2) is 13.4 Å². The van der Waals surface area contributed by atoms with Crippen LogP contribution in [0.2, 0.25) is 0 Å². The van der Waals surface area contributed by atoms with E-state index in [4.69, 9.17) is 4.74 Å². The van der Waals surface area contributed by atoms with Gasteiger partial charge in [-0.1, -0.05) is 12.1 Å². The number of rotatable bonds is 7. The minimum Gasteiger partial charge on any atom is -0.481 e. The molecule has 1 aromatic carbocycles. The number of ether oxygens (including phenoxy) is 1. The molecule has 0 unspecified atom stereocenters. The van der Waals surface area contributed by atoms with Crippen molar-refractivity contribution < 1.29 is 13.2 Å². The van der Waals surface area contributed by atoms with Crippen LogP contribution < -0.4 is 15.4 Å². The third kappa shape index (κ3) is 6.03. The zero-order chi connectivity index (χ0) is 19.0. The van der Waals surface area contributed by atoms with Crippen molar-refractivity contribution in [1.29, 1.82) is 0 Å². The lowest BCUT2D eigenvalue weighted by atomic mass is 10.1. The molecule has 0 aliphatic carbocycles. The minimum atomic E-state index is -3.15. The van der Waals surface area contributed by atoms with Crippen LogP contribution in [0, 0.1) is 0 Å². The molecule has 0 aliphatic rings. The van der Waals surface area contributed by atoms with Crippen LogP contribution in [0.4, 0.5) is 0 Å². The molecular formula is C18H24N4O3S. The van der Waals surface area contributed by atoms with Crippen LogP contribution in [0.25, 0.3) is 0 Å². The lowest BCUT2D eigenvalue weighted by molar-refractivity contribution is 0.397. The van der Waals surface area contributed by atoms with E-state index in [2.05, 4.69) is 20.6 Å². The molecule has 7 nitrogen and oxygen atoms in total. The number of hydrogen-bond acceptors (Lipinski definition) is 5. The second-order valence-corrected chi connectivity index (χ2v) is 7.74. The van der Waals surface area contributed by atoms with Gasteiger partial charge in [-0.3, -0.25) is 4.99 Å². The van der Waals surface area contributed by atoms with Crippen molar-refractivity contribution in [3.8, 4) is 5.88 Å². The number of nitrogens with one attached hydrogen (secondary N) is 2. The van der Waals surface area contributed by atoms with E-state index < -0.39 is 9.84 Å². The molecule has 2 N–H and O–H groups in total. The quantitative estimate of drug-likeness (QED) is 0.561. The molecule has 8 heteroatoms. The van der Waals surface area contributed by atoms with Gasteiger partial charge in [0.25, 0.3) is 0 Å². The normalized spacial score (nSPS) is 11.9. The molecule has 2 rings (SSSR count). The number of pyridine rings is 1. The highest BCUT2D eigenvalue weighted by Crippen LogP contribution is 2.10. The monoisotopic (exact) mass is 376 g/mol. The molecule has 1 aromatic heterocycles. The molecule has 26 heavy (non-hydrogen) atoms. The first-order valence-corrected chi connectivity index (χ1v) is 10.0. The van der Waals surface area contributed by atoms with Crippen molar-refractivity contribution in [1.82, 2.24) is 15.6 Å². The van der Waals surface area contributed by atoms with Gasteiger partial charge in [-0.15, -0.1) is 0 Å². The second kappa shape index (κ2) is 9.19. The van der Waals surface area contributed by atoms with E-state index in [0.717, 1.165) is 17.5 Å². The first-order chi connectivity index (χ1) is 12.4. The van der Waals surface area contributed by atoms with Gasteiger partial charge in [-0.05, 0) is 35.7 Å². The molecule has 1 heterocycles. The van der Waals surface area contributed by atoms with Gasteiger partial charge in [0.1, 0.15) is 0 Å². The van der Waals surface area contributed by atoms with Crippen LogP contribution in [0.5, 0.6) is 5.88 Å². The van der Waals surface area contributed by atoms with Crippen LogP contribution in [0.3, 0.4) is 0 Å². The fourth-order valence-corrected chi connectivity index (χ4v) is 2.94. The maximum atomic E-state index is 11.5. The van der Waals surface area contributed by atoms with Crippen LogP contribution >= 0.6 is 0 Å². The predicted octanol–water partition coefficient (Wildman–Crippen LogP) is 1.40. The van der Waals surface area contributed by atoms with Crippen LogP contribution in [0.15, 0.2) is 52.5 Å². The molecule has 0 saturated carbocycles. The number of sulfone groups is 1. The molecule has 0 aliphatic heterocycles. The zero-order valence-electron chi connectivity index (χ0n) is 15.2. The van der Waals surface area contributed by atoms with Gasteiger partial charge >= 0.3 is 0 Å². The van der Waals surface area contributed by atoms with Gasteiger partial charge in [0.15, 0.2) is 15.8 Å². The average Bonchev–Trinajstić information content (AvgIpc) is 2.64. The summed E-state index contributed by atoms with van der Waals surface area (Å²) in [6.45, 7) is 1.28. The molecule has 0 saturated heterocycles. The van der Waals surface area contributed by atoms with Crippen molar-refractivity contribution in [3.05, 3.63) is 53.7 Å². The molecule has 0 fully saturated rings. The van der Waals surface area contributed by atoms with E-state index in [1.165, 1.54) is 6.26 Å². The van der Waals surface area contributed by atoms with Crippen LogP contribution in [-0.4, -0.2) is 46.3 Å². The topological polar surface area (TPSA) is 92.7 Å². The van der Waals surface area contributed by atoms with E-state index in [0.29, 0.717) is 29.8 Å². The molecule has 0 amide bonds. The van der Waals surface area contributed by atoms with Crippen LogP contribution in [0.1, 0.15) is 11.1 Å². The highest BCUT2D eigenvalue weighted by atomic mass is 32.2. The largest absolute Gasteiger partial charge is 0.481 e. The lowest BCUT2D eigenvalue weighted by Crippen LogP contribution is -2.37. The van der Waals surface area contributed by atoms with Gasteiger partial charge < -0.3 is 15.4 Å². The third-order valence-electron chi connectivity index (χ3n) is 3.75. The van der Waals surface area contributed by atoms with Crippen molar-refractivity contribution >= 4 is 15.8 Å². The van der Waals surface area contributed by atoms with E-state index in [-0.39, 0.29) is 0 Å².